The first kappa shape index (κ1) is 13.6. The number of carbonyl (C=O) groups is 1. The number of hydrogen-bond acceptors (Lipinski definition) is 3. The van der Waals surface area contributed by atoms with Crippen molar-refractivity contribution in [1.82, 2.24) is 5.32 Å². The largest absolute Gasteiger partial charge is 0.354 e. The van der Waals surface area contributed by atoms with Crippen LogP contribution in [-0.4, -0.2) is 24.2 Å². The Morgan fingerprint density at radius 2 is 2.18 bits per heavy atom. The number of carbonyl (C=O) groups excluding carboxylic acids is 1. The van der Waals surface area contributed by atoms with Crippen molar-refractivity contribution in [3.8, 4) is 12.3 Å². The standard InChI is InChI=1S/C13H16N2OS/c1-2-6-12(14)13(16)15-9-10-17-11-7-4-3-5-8-11/h1,3-5,7-8,12H,6,9-10,14H2,(H,15,16). The van der Waals surface area contributed by atoms with Crippen molar-refractivity contribution in [3.63, 3.8) is 0 Å². The van der Waals surface area contributed by atoms with Gasteiger partial charge in [-0.1, -0.05) is 18.2 Å². The van der Waals surface area contributed by atoms with Gasteiger partial charge >= 0.3 is 0 Å². The van der Waals surface area contributed by atoms with Crippen LogP contribution in [0.4, 0.5) is 0 Å². The normalized spacial score (nSPS) is 11.5. The first-order valence-electron chi connectivity index (χ1n) is 5.38. The molecule has 90 valence electrons. The van der Waals surface area contributed by atoms with Crippen LogP contribution in [-0.2, 0) is 4.79 Å². The predicted octanol–water partition coefficient (Wildman–Crippen LogP) is 1.25. The fraction of sp³-hybridized carbons (Fsp3) is 0.308. The quantitative estimate of drug-likeness (QED) is 0.452. The van der Waals surface area contributed by atoms with Crippen molar-refractivity contribution in [1.29, 1.82) is 0 Å². The molecule has 0 bridgehead atoms. The van der Waals surface area contributed by atoms with Crippen LogP contribution in [0.15, 0.2) is 35.2 Å². The van der Waals surface area contributed by atoms with Crippen LogP contribution in [0.2, 0.25) is 0 Å². The molecule has 0 heterocycles. The molecule has 1 unspecified atom stereocenters. The molecular formula is C13H16N2OS. The zero-order valence-corrected chi connectivity index (χ0v) is 10.4. The first-order valence-corrected chi connectivity index (χ1v) is 6.37. The van der Waals surface area contributed by atoms with E-state index in [1.807, 2.05) is 30.3 Å². The number of terminal acetylenes is 1. The van der Waals surface area contributed by atoms with Crippen LogP contribution < -0.4 is 11.1 Å². The Hall–Kier alpha value is -1.44. The van der Waals surface area contributed by atoms with E-state index >= 15 is 0 Å². The topological polar surface area (TPSA) is 55.1 Å². The smallest absolute Gasteiger partial charge is 0.237 e. The molecule has 0 saturated heterocycles. The molecule has 3 N–H and O–H groups in total. The zero-order chi connectivity index (χ0) is 12.5. The molecule has 0 radical (unpaired) electrons. The molecular weight excluding hydrogens is 232 g/mol. The molecule has 4 heteroatoms. The third-order valence-corrected chi connectivity index (χ3v) is 3.10. The summed E-state index contributed by atoms with van der Waals surface area (Å²) in [7, 11) is 0. The summed E-state index contributed by atoms with van der Waals surface area (Å²) in [6.07, 6.45) is 5.36. The van der Waals surface area contributed by atoms with E-state index in [2.05, 4.69) is 11.2 Å². The lowest BCUT2D eigenvalue weighted by molar-refractivity contribution is -0.122. The number of rotatable bonds is 6. The van der Waals surface area contributed by atoms with Gasteiger partial charge in [-0.3, -0.25) is 4.79 Å². The van der Waals surface area contributed by atoms with Gasteiger partial charge in [0.25, 0.3) is 0 Å². The fourth-order valence-electron chi connectivity index (χ4n) is 1.21. The lowest BCUT2D eigenvalue weighted by atomic mass is 10.2. The summed E-state index contributed by atoms with van der Waals surface area (Å²) in [5.41, 5.74) is 5.56. The number of thioether (sulfide) groups is 1. The molecule has 3 nitrogen and oxygen atoms in total. The monoisotopic (exact) mass is 248 g/mol. The van der Waals surface area contributed by atoms with Gasteiger partial charge in [0, 0.05) is 23.6 Å². The third-order valence-electron chi connectivity index (χ3n) is 2.09. The minimum atomic E-state index is -0.596. The summed E-state index contributed by atoms with van der Waals surface area (Å²) < 4.78 is 0. The van der Waals surface area contributed by atoms with Gasteiger partial charge in [-0.15, -0.1) is 24.1 Å². The molecule has 0 aromatic heterocycles. The Morgan fingerprint density at radius 1 is 1.47 bits per heavy atom. The minimum Gasteiger partial charge on any atom is -0.354 e. The zero-order valence-electron chi connectivity index (χ0n) is 9.56. The second kappa shape index (κ2) is 7.77. The van der Waals surface area contributed by atoms with Crippen LogP contribution in [0.1, 0.15) is 6.42 Å². The molecule has 0 aliphatic carbocycles. The minimum absolute atomic E-state index is 0.184. The SMILES string of the molecule is C#CCC(N)C(=O)NCCSc1ccccc1. The van der Waals surface area contributed by atoms with E-state index in [0.717, 1.165) is 5.75 Å². The Bertz CT molecular complexity index is 386. The number of hydrogen-bond donors (Lipinski definition) is 2. The Labute approximate surface area is 106 Å². The van der Waals surface area contributed by atoms with Crippen molar-refractivity contribution in [2.75, 3.05) is 12.3 Å². The van der Waals surface area contributed by atoms with E-state index in [1.54, 1.807) is 11.8 Å². The second-order valence-corrected chi connectivity index (χ2v) is 4.64. The fourth-order valence-corrected chi connectivity index (χ4v) is 2.00. The summed E-state index contributed by atoms with van der Waals surface area (Å²) in [5, 5.41) is 2.76. The molecule has 0 spiro atoms. The van der Waals surface area contributed by atoms with Crippen molar-refractivity contribution < 1.29 is 4.79 Å². The van der Waals surface area contributed by atoms with E-state index < -0.39 is 6.04 Å². The molecule has 1 aromatic carbocycles. The van der Waals surface area contributed by atoms with Gasteiger partial charge in [0.2, 0.25) is 5.91 Å². The molecule has 17 heavy (non-hydrogen) atoms. The van der Waals surface area contributed by atoms with Crippen molar-refractivity contribution in [3.05, 3.63) is 30.3 Å². The number of benzene rings is 1. The van der Waals surface area contributed by atoms with Gasteiger partial charge in [-0.05, 0) is 12.1 Å². The van der Waals surface area contributed by atoms with E-state index in [-0.39, 0.29) is 12.3 Å². The summed E-state index contributed by atoms with van der Waals surface area (Å²) in [5.74, 6) is 3.01. The van der Waals surface area contributed by atoms with Crippen LogP contribution >= 0.6 is 11.8 Å². The van der Waals surface area contributed by atoms with E-state index in [1.165, 1.54) is 4.90 Å². The maximum absolute atomic E-state index is 11.4. The molecule has 1 rings (SSSR count). The van der Waals surface area contributed by atoms with Gasteiger partial charge < -0.3 is 11.1 Å². The van der Waals surface area contributed by atoms with Crippen LogP contribution in [0.25, 0.3) is 0 Å². The predicted molar refractivity (Wildman–Crippen MR) is 71.6 cm³/mol. The van der Waals surface area contributed by atoms with Gasteiger partial charge in [0.1, 0.15) is 0 Å². The van der Waals surface area contributed by atoms with Crippen molar-refractivity contribution >= 4 is 17.7 Å². The molecule has 0 aliphatic heterocycles. The Balaban J connectivity index is 2.17. The molecule has 1 amide bonds. The number of nitrogens with two attached hydrogens (primary N) is 1. The van der Waals surface area contributed by atoms with Crippen molar-refractivity contribution in [2.45, 2.75) is 17.4 Å². The Kier molecular flexibility index (Phi) is 6.23. The maximum atomic E-state index is 11.4. The summed E-state index contributed by atoms with van der Waals surface area (Å²) in [6.45, 7) is 0.594. The van der Waals surface area contributed by atoms with Crippen LogP contribution in [0.5, 0.6) is 0 Å². The average molecular weight is 248 g/mol. The van der Waals surface area contributed by atoms with Gasteiger partial charge in [0.05, 0.1) is 6.04 Å². The summed E-state index contributed by atoms with van der Waals surface area (Å²) in [6, 6.07) is 9.44. The molecule has 0 aliphatic rings. The average Bonchev–Trinajstić information content (AvgIpc) is 2.36. The molecule has 0 fully saturated rings. The molecule has 1 aromatic rings. The highest BCUT2D eigenvalue weighted by atomic mass is 32.2. The highest BCUT2D eigenvalue weighted by Crippen LogP contribution is 2.15. The van der Waals surface area contributed by atoms with Crippen molar-refractivity contribution in [2.24, 2.45) is 5.73 Å². The molecule has 1 atom stereocenters. The second-order valence-electron chi connectivity index (χ2n) is 3.47. The summed E-state index contributed by atoms with van der Waals surface area (Å²) in [4.78, 5) is 12.6. The third kappa shape index (κ3) is 5.43. The number of amides is 1. The van der Waals surface area contributed by atoms with E-state index in [4.69, 9.17) is 12.2 Å². The lowest BCUT2D eigenvalue weighted by Crippen LogP contribution is -2.41. The lowest BCUT2D eigenvalue weighted by Gasteiger charge is -2.09. The van der Waals surface area contributed by atoms with Gasteiger partial charge in [-0.2, -0.15) is 0 Å². The van der Waals surface area contributed by atoms with E-state index in [0.29, 0.717) is 6.54 Å². The van der Waals surface area contributed by atoms with Gasteiger partial charge in [-0.25, -0.2) is 0 Å². The molecule has 0 saturated carbocycles. The highest BCUT2D eigenvalue weighted by Gasteiger charge is 2.10. The van der Waals surface area contributed by atoms with Gasteiger partial charge in [0.15, 0.2) is 0 Å². The summed E-state index contributed by atoms with van der Waals surface area (Å²) >= 11 is 1.69. The first-order chi connectivity index (χ1) is 8.24. The van der Waals surface area contributed by atoms with Crippen LogP contribution in [0, 0.1) is 12.3 Å². The number of nitrogens with one attached hydrogen (secondary N) is 1. The van der Waals surface area contributed by atoms with Crippen LogP contribution in [0.3, 0.4) is 0 Å². The Morgan fingerprint density at radius 3 is 2.82 bits per heavy atom. The highest BCUT2D eigenvalue weighted by molar-refractivity contribution is 7.99. The van der Waals surface area contributed by atoms with E-state index in [9.17, 15) is 4.79 Å². The maximum Gasteiger partial charge on any atom is 0.237 e.